The third-order valence-electron chi connectivity index (χ3n) is 4.19. The lowest BCUT2D eigenvalue weighted by atomic mass is 10.2. The molecule has 3 rings (SSSR count). The van der Waals surface area contributed by atoms with Crippen molar-refractivity contribution in [2.24, 2.45) is 0 Å². The number of aromatic nitrogens is 1. The molecular weight excluding hydrogens is 400 g/mol. The highest BCUT2D eigenvalue weighted by Crippen LogP contribution is 2.27. The molecule has 1 aliphatic heterocycles. The Labute approximate surface area is 173 Å². The Balaban J connectivity index is 1.58. The zero-order valence-electron chi connectivity index (χ0n) is 15.4. The average Bonchev–Trinajstić information content (AvgIpc) is 3.22. The molecule has 0 saturated carbocycles. The number of nitrogens with one attached hydrogen (secondary N) is 1. The van der Waals surface area contributed by atoms with Crippen LogP contribution in [0.3, 0.4) is 0 Å². The number of amides is 1. The molecule has 0 spiro atoms. The van der Waals surface area contributed by atoms with E-state index in [2.05, 4.69) is 10.3 Å². The number of hydrogen-bond donors (Lipinski definition) is 1. The van der Waals surface area contributed by atoms with Gasteiger partial charge in [-0.3, -0.25) is 4.79 Å². The van der Waals surface area contributed by atoms with E-state index in [1.54, 1.807) is 36.0 Å². The van der Waals surface area contributed by atoms with Crippen LogP contribution in [0.15, 0.2) is 47.5 Å². The van der Waals surface area contributed by atoms with Gasteiger partial charge in [-0.05, 0) is 44.0 Å². The maximum Gasteiger partial charge on any atom is 0.340 e. The highest BCUT2D eigenvalue weighted by atomic mass is 35.5. The van der Waals surface area contributed by atoms with Crippen molar-refractivity contribution in [3.8, 4) is 0 Å². The Bertz CT molecular complexity index is 825. The van der Waals surface area contributed by atoms with E-state index in [0.29, 0.717) is 16.4 Å². The van der Waals surface area contributed by atoms with Crippen molar-refractivity contribution in [2.75, 3.05) is 17.7 Å². The molecule has 1 aliphatic rings. The fourth-order valence-corrected chi connectivity index (χ4v) is 3.90. The maximum atomic E-state index is 12.6. The molecule has 1 amide bonds. The van der Waals surface area contributed by atoms with E-state index in [0.717, 1.165) is 30.1 Å². The summed E-state index contributed by atoms with van der Waals surface area (Å²) < 4.78 is 11.0. The van der Waals surface area contributed by atoms with Crippen LogP contribution in [0, 0.1) is 0 Å². The summed E-state index contributed by atoms with van der Waals surface area (Å²) in [7, 11) is 0. The van der Waals surface area contributed by atoms with Gasteiger partial charge in [0.1, 0.15) is 5.82 Å². The Kier molecular flexibility index (Phi) is 7.30. The number of anilines is 1. The van der Waals surface area contributed by atoms with Crippen molar-refractivity contribution in [1.29, 1.82) is 0 Å². The second kappa shape index (κ2) is 9.91. The van der Waals surface area contributed by atoms with Crippen LogP contribution in [0.4, 0.5) is 5.82 Å². The molecule has 148 valence electrons. The van der Waals surface area contributed by atoms with E-state index in [9.17, 15) is 9.59 Å². The summed E-state index contributed by atoms with van der Waals surface area (Å²) in [6.07, 6.45) is 2.78. The van der Waals surface area contributed by atoms with Crippen LogP contribution < -0.4 is 5.32 Å². The zero-order chi connectivity index (χ0) is 19.9. The average molecular weight is 421 g/mol. The number of hydrogen-bond acceptors (Lipinski definition) is 6. The molecule has 1 aromatic heterocycles. The van der Waals surface area contributed by atoms with Gasteiger partial charge in [-0.15, -0.1) is 11.8 Å². The number of carbonyl (C=O) groups is 2. The highest BCUT2D eigenvalue weighted by molar-refractivity contribution is 7.99. The zero-order valence-corrected chi connectivity index (χ0v) is 17.0. The molecule has 2 heterocycles. The third kappa shape index (κ3) is 5.70. The molecule has 0 radical (unpaired) electrons. The SMILES string of the molecule is C[C@H](OC(=O)c1ccccc1SC[C@@H]1CCCO1)C(=O)Nc1ccc(Cl)cn1. The molecule has 1 saturated heterocycles. The summed E-state index contributed by atoms with van der Waals surface area (Å²) in [4.78, 5) is 29.7. The topological polar surface area (TPSA) is 77.5 Å². The molecule has 0 bridgehead atoms. The van der Waals surface area contributed by atoms with Crippen molar-refractivity contribution < 1.29 is 19.1 Å². The summed E-state index contributed by atoms with van der Waals surface area (Å²) >= 11 is 7.34. The van der Waals surface area contributed by atoms with Gasteiger partial charge in [-0.25, -0.2) is 9.78 Å². The van der Waals surface area contributed by atoms with Gasteiger partial charge in [0.15, 0.2) is 6.10 Å². The number of halogens is 1. The summed E-state index contributed by atoms with van der Waals surface area (Å²) in [5.41, 5.74) is 0.440. The summed E-state index contributed by atoms with van der Waals surface area (Å²) in [6, 6.07) is 10.4. The molecule has 2 aromatic rings. The van der Waals surface area contributed by atoms with Crippen molar-refractivity contribution in [3.05, 3.63) is 53.2 Å². The van der Waals surface area contributed by atoms with Gasteiger partial charge >= 0.3 is 5.97 Å². The predicted molar refractivity (Wildman–Crippen MR) is 109 cm³/mol. The smallest absolute Gasteiger partial charge is 0.340 e. The van der Waals surface area contributed by atoms with E-state index >= 15 is 0 Å². The number of benzene rings is 1. The summed E-state index contributed by atoms with van der Waals surface area (Å²) in [5.74, 6) is 0.113. The summed E-state index contributed by atoms with van der Waals surface area (Å²) in [6.45, 7) is 2.31. The monoisotopic (exact) mass is 420 g/mol. The Morgan fingerprint density at radius 3 is 2.89 bits per heavy atom. The van der Waals surface area contributed by atoms with Gasteiger partial charge in [0.2, 0.25) is 0 Å². The Morgan fingerprint density at radius 1 is 1.36 bits per heavy atom. The number of thioether (sulfide) groups is 1. The highest BCUT2D eigenvalue weighted by Gasteiger charge is 2.22. The van der Waals surface area contributed by atoms with Crippen LogP contribution >= 0.6 is 23.4 Å². The van der Waals surface area contributed by atoms with Crippen molar-refractivity contribution in [3.63, 3.8) is 0 Å². The Hall–Kier alpha value is -2.09. The van der Waals surface area contributed by atoms with Gasteiger partial charge in [0, 0.05) is 23.5 Å². The second-order valence-electron chi connectivity index (χ2n) is 6.34. The molecule has 8 heteroatoms. The van der Waals surface area contributed by atoms with E-state index in [-0.39, 0.29) is 6.10 Å². The molecule has 1 N–H and O–H groups in total. The van der Waals surface area contributed by atoms with Crippen LogP contribution in [0.5, 0.6) is 0 Å². The number of carbonyl (C=O) groups excluding carboxylic acids is 2. The van der Waals surface area contributed by atoms with Gasteiger partial charge in [0.25, 0.3) is 5.91 Å². The van der Waals surface area contributed by atoms with Crippen molar-refractivity contribution in [1.82, 2.24) is 4.98 Å². The number of pyridine rings is 1. The number of esters is 1. The van der Waals surface area contributed by atoms with E-state index in [1.807, 2.05) is 12.1 Å². The number of ether oxygens (including phenoxy) is 2. The van der Waals surface area contributed by atoms with Gasteiger partial charge in [0.05, 0.1) is 16.7 Å². The molecule has 6 nitrogen and oxygen atoms in total. The van der Waals surface area contributed by atoms with E-state index in [4.69, 9.17) is 21.1 Å². The first kappa shape index (κ1) is 20.6. The van der Waals surface area contributed by atoms with Gasteiger partial charge < -0.3 is 14.8 Å². The predicted octanol–water partition coefficient (Wildman–Crippen LogP) is 4.19. The standard InChI is InChI=1S/C20H21ClN2O4S/c1-13(19(24)23-18-9-8-14(21)11-22-18)27-20(25)16-6-2-3-7-17(16)28-12-15-5-4-10-26-15/h2-3,6-9,11,13,15H,4-5,10,12H2,1H3,(H,22,23,24)/t13-,15-/m0/s1. The number of rotatable bonds is 7. The second-order valence-corrected chi connectivity index (χ2v) is 7.84. The Morgan fingerprint density at radius 2 is 2.18 bits per heavy atom. The first-order valence-electron chi connectivity index (χ1n) is 9.00. The van der Waals surface area contributed by atoms with Crippen LogP contribution in [0.2, 0.25) is 5.02 Å². The quantitative estimate of drug-likeness (QED) is 0.534. The maximum absolute atomic E-state index is 12.6. The third-order valence-corrected chi connectivity index (χ3v) is 5.62. The lowest BCUT2D eigenvalue weighted by Gasteiger charge is -2.15. The minimum absolute atomic E-state index is 0.214. The summed E-state index contributed by atoms with van der Waals surface area (Å²) in [5, 5.41) is 3.06. The van der Waals surface area contributed by atoms with Crippen LogP contribution in [-0.2, 0) is 14.3 Å². The van der Waals surface area contributed by atoms with Crippen molar-refractivity contribution in [2.45, 2.75) is 36.9 Å². The molecule has 1 aromatic carbocycles. The minimum Gasteiger partial charge on any atom is -0.449 e. The molecule has 28 heavy (non-hydrogen) atoms. The lowest BCUT2D eigenvalue weighted by molar-refractivity contribution is -0.123. The van der Waals surface area contributed by atoms with Crippen LogP contribution in [0.1, 0.15) is 30.1 Å². The fraction of sp³-hybridized carbons (Fsp3) is 0.350. The molecule has 1 fully saturated rings. The molecule has 2 atom stereocenters. The first-order chi connectivity index (χ1) is 13.5. The molecular formula is C20H21ClN2O4S. The van der Waals surface area contributed by atoms with E-state index in [1.165, 1.54) is 13.1 Å². The van der Waals surface area contributed by atoms with Crippen LogP contribution in [-0.4, -0.2) is 41.4 Å². The van der Waals surface area contributed by atoms with Crippen molar-refractivity contribution >= 4 is 41.1 Å². The number of nitrogens with zero attached hydrogens (tertiary/aromatic N) is 1. The van der Waals surface area contributed by atoms with Gasteiger partial charge in [-0.1, -0.05) is 23.7 Å². The van der Waals surface area contributed by atoms with E-state index < -0.39 is 18.0 Å². The fourth-order valence-electron chi connectivity index (χ4n) is 2.67. The van der Waals surface area contributed by atoms with Gasteiger partial charge in [-0.2, -0.15) is 0 Å². The molecule has 0 unspecified atom stereocenters. The van der Waals surface area contributed by atoms with Crippen LogP contribution in [0.25, 0.3) is 0 Å². The largest absolute Gasteiger partial charge is 0.449 e. The minimum atomic E-state index is -0.971. The lowest BCUT2D eigenvalue weighted by Crippen LogP contribution is -2.30. The molecule has 0 aliphatic carbocycles. The normalized spacial score (nSPS) is 17.1. The first-order valence-corrected chi connectivity index (χ1v) is 10.4.